The van der Waals surface area contributed by atoms with Crippen LogP contribution >= 0.6 is 23.2 Å². The molecule has 4 aromatic carbocycles. The van der Waals surface area contributed by atoms with E-state index in [0.717, 1.165) is 22.3 Å². The van der Waals surface area contributed by atoms with Crippen LogP contribution in [0, 0.1) is 6.92 Å². The van der Waals surface area contributed by atoms with E-state index in [9.17, 15) is 9.59 Å². The molecule has 5 aromatic heterocycles. The third-order valence-electron chi connectivity index (χ3n) is 8.14. The monoisotopic (exact) mass is 786 g/mol. The lowest BCUT2D eigenvalue weighted by Gasteiger charge is -2.09. The molecule has 5 heterocycles. The second kappa shape index (κ2) is 16.9. The normalized spacial score (nSPS) is 10.8. The number of aromatic nitrogens is 11. The van der Waals surface area contributed by atoms with E-state index in [0.29, 0.717) is 51.2 Å². The summed E-state index contributed by atoms with van der Waals surface area (Å²) >= 11 is 11.8. The number of hydrogen-bond donors (Lipinski definition) is 4. The molecule has 5 N–H and O–H groups in total. The van der Waals surface area contributed by atoms with Gasteiger partial charge in [-0.05, 0) is 19.1 Å². The largest absolute Gasteiger partial charge is 0.487 e. The van der Waals surface area contributed by atoms with Crippen molar-refractivity contribution in [2.24, 2.45) is 0 Å². The molecule has 15 nitrogen and oxygen atoms in total. The van der Waals surface area contributed by atoms with Gasteiger partial charge in [-0.2, -0.15) is 24.0 Å². The summed E-state index contributed by atoms with van der Waals surface area (Å²) in [5.74, 6) is 3.65. The zero-order chi connectivity index (χ0) is 39.0. The first-order valence-corrected chi connectivity index (χ1v) is 17.9. The highest BCUT2D eigenvalue weighted by atomic mass is 35.5. The highest BCUT2D eigenvalue weighted by molar-refractivity contribution is 6.31. The third-order valence-corrected chi connectivity index (χ3v) is 8.83. The Hall–Kier alpha value is -7.10. The fourth-order valence-corrected chi connectivity index (χ4v) is 5.65. The van der Waals surface area contributed by atoms with Crippen molar-refractivity contribution in [1.29, 1.82) is 0 Å². The van der Waals surface area contributed by atoms with Gasteiger partial charge >= 0.3 is 0 Å². The van der Waals surface area contributed by atoms with Crippen LogP contribution in [0.25, 0.3) is 45.7 Å². The van der Waals surface area contributed by atoms with Gasteiger partial charge in [0.2, 0.25) is 5.95 Å². The summed E-state index contributed by atoms with van der Waals surface area (Å²) in [4.78, 5) is 45.4. The van der Waals surface area contributed by atoms with E-state index >= 15 is 0 Å². The molecule has 0 aliphatic heterocycles. The zero-order valence-electron chi connectivity index (χ0n) is 29.6. The predicted octanol–water partition coefficient (Wildman–Crippen LogP) is 6.50. The van der Waals surface area contributed by atoms with Crippen molar-refractivity contribution in [3.05, 3.63) is 164 Å². The van der Waals surface area contributed by atoms with Crippen LogP contribution in [0.5, 0.6) is 5.75 Å². The maximum Gasteiger partial charge on any atom is 0.274 e. The van der Waals surface area contributed by atoms with Crippen molar-refractivity contribution in [2.45, 2.75) is 19.4 Å². The zero-order valence-corrected chi connectivity index (χ0v) is 31.1. The Morgan fingerprint density at radius 1 is 0.643 bits per heavy atom. The minimum atomic E-state index is -0.244. The minimum absolute atomic E-state index is 0.153. The van der Waals surface area contributed by atoms with Crippen LogP contribution in [0.2, 0.25) is 5.02 Å². The first kappa shape index (κ1) is 37.2. The number of aromatic amines is 3. The number of nitrogens with one attached hydrogen (secondary N) is 3. The molecular formula is C39H32Cl2N12O3. The summed E-state index contributed by atoms with van der Waals surface area (Å²) in [7, 11) is 0. The Bertz CT molecular complexity index is 2840. The van der Waals surface area contributed by atoms with Crippen molar-refractivity contribution < 1.29 is 4.74 Å². The Balaban J connectivity index is 0.000000139. The molecule has 0 unspecified atom stereocenters. The molecule has 280 valence electrons. The number of nitrogens with zero attached hydrogens (tertiary/aromatic N) is 8. The van der Waals surface area contributed by atoms with E-state index in [1.807, 2.05) is 110 Å². The highest BCUT2D eigenvalue weighted by Gasteiger charge is 2.12. The average Bonchev–Trinajstić information content (AvgIpc) is 3.99. The predicted molar refractivity (Wildman–Crippen MR) is 214 cm³/mol. The second-order valence-electron chi connectivity index (χ2n) is 12.0. The number of rotatable bonds is 7. The van der Waals surface area contributed by atoms with Gasteiger partial charge in [0.1, 0.15) is 12.4 Å². The highest BCUT2D eigenvalue weighted by Crippen LogP contribution is 2.25. The van der Waals surface area contributed by atoms with E-state index in [-0.39, 0.29) is 29.6 Å². The van der Waals surface area contributed by atoms with E-state index < -0.39 is 0 Å². The lowest BCUT2D eigenvalue weighted by molar-refractivity contribution is 0.299. The molecule has 0 amide bonds. The fourth-order valence-electron chi connectivity index (χ4n) is 5.34. The summed E-state index contributed by atoms with van der Waals surface area (Å²) in [6, 6.07) is 37.1. The standard InChI is InChI=1S/C19H15ClN4O2.C12H9ClN4O.C8H8N4/c1-12-15(20)8-5-9-16(12)26-11-14-10-17(25)24-19(21-14)22-18(23-24)13-6-3-2-4-7-13;13-7-9-6-10(18)17-12(14-9)15-11(16-17)8-4-2-1-3-5-8;9-8-10-7(11-12-8)6-4-2-1-3-5-6/h2-10H,11H2,1H3,(H,21,22,23);1-6H,7H2,(H,14,15,16);1-5H,(H3,9,10,11,12). The average molecular weight is 788 g/mol. The van der Waals surface area contributed by atoms with Crippen LogP contribution in [0.4, 0.5) is 5.95 Å². The maximum absolute atomic E-state index is 12.4. The Labute approximate surface area is 327 Å². The van der Waals surface area contributed by atoms with E-state index in [1.54, 1.807) is 6.07 Å². The number of H-pyrrole nitrogens is 3. The minimum Gasteiger partial charge on any atom is -0.487 e. The number of nitrogens with two attached hydrogens (primary N) is 1. The summed E-state index contributed by atoms with van der Waals surface area (Å²) in [6.45, 7) is 2.03. The van der Waals surface area contributed by atoms with Crippen LogP contribution in [0.1, 0.15) is 17.0 Å². The number of hydrogen-bond acceptors (Lipinski definition) is 10. The fraction of sp³-hybridized carbons (Fsp3) is 0.0769. The topological polar surface area (TPSA) is 203 Å². The van der Waals surface area contributed by atoms with Crippen LogP contribution in [-0.2, 0) is 12.5 Å². The van der Waals surface area contributed by atoms with Crippen molar-refractivity contribution in [2.75, 3.05) is 5.73 Å². The first-order chi connectivity index (χ1) is 27.2. The molecule has 0 saturated heterocycles. The maximum atomic E-state index is 12.4. The summed E-state index contributed by atoms with van der Waals surface area (Å²) in [5.41, 5.74) is 9.53. The number of halogens is 2. The number of benzene rings is 4. The lowest BCUT2D eigenvalue weighted by Crippen LogP contribution is -2.16. The molecule has 0 fully saturated rings. The van der Waals surface area contributed by atoms with Crippen molar-refractivity contribution >= 4 is 40.7 Å². The van der Waals surface area contributed by atoms with Gasteiger partial charge in [-0.15, -0.1) is 16.7 Å². The molecule has 0 saturated carbocycles. The molecule has 17 heteroatoms. The third kappa shape index (κ3) is 8.65. The molecule has 0 aliphatic rings. The molecule has 56 heavy (non-hydrogen) atoms. The van der Waals surface area contributed by atoms with Crippen molar-refractivity contribution in [1.82, 2.24) is 54.3 Å². The van der Waals surface area contributed by atoms with Crippen LogP contribution in [0.15, 0.2) is 131 Å². The Kier molecular flexibility index (Phi) is 11.3. The Morgan fingerprint density at radius 2 is 1.14 bits per heavy atom. The van der Waals surface area contributed by atoms with Crippen molar-refractivity contribution in [3.63, 3.8) is 0 Å². The van der Waals surface area contributed by atoms with E-state index in [1.165, 1.54) is 21.2 Å². The van der Waals surface area contributed by atoms with E-state index in [2.05, 4.69) is 45.3 Å². The Morgan fingerprint density at radius 3 is 1.64 bits per heavy atom. The quantitative estimate of drug-likeness (QED) is 0.129. The molecular weight excluding hydrogens is 755 g/mol. The van der Waals surface area contributed by atoms with Gasteiger partial charge in [0.05, 0.1) is 17.3 Å². The molecule has 0 spiro atoms. The number of nitrogen functional groups attached to an aromatic ring is 1. The molecule has 0 radical (unpaired) electrons. The van der Waals surface area contributed by atoms with Gasteiger partial charge in [0.25, 0.3) is 22.7 Å². The summed E-state index contributed by atoms with van der Waals surface area (Å²) in [5, 5.41) is 13.0. The van der Waals surface area contributed by atoms with Gasteiger partial charge in [-0.1, -0.05) is 109 Å². The van der Waals surface area contributed by atoms with Crippen LogP contribution < -0.4 is 21.6 Å². The smallest absolute Gasteiger partial charge is 0.274 e. The number of fused-ring (bicyclic) bond motifs is 2. The van der Waals surface area contributed by atoms with Crippen molar-refractivity contribution in [3.8, 4) is 39.9 Å². The molecule has 9 aromatic rings. The lowest BCUT2D eigenvalue weighted by atomic mass is 10.2. The van der Waals surface area contributed by atoms with Gasteiger partial charge in [-0.25, -0.2) is 9.97 Å². The molecule has 0 atom stereocenters. The van der Waals surface area contributed by atoms with Gasteiger partial charge in [-0.3, -0.25) is 24.9 Å². The van der Waals surface area contributed by atoms with Crippen LogP contribution in [-0.4, -0.2) is 54.3 Å². The number of alkyl halides is 1. The van der Waals surface area contributed by atoms with Gasteiger partial charge < -0.3 is 10.5 Å². The summed E-state index contributed by atoms with van der Waals surface area (Å²) < 4.78 is 8.39. The first-order valence-electron chi connectivity index (χ1n) is 17.0. The second-order valence-corrected chi connectivity index (χ2v) is 12.7. The number of ether oxygens (including phenoxy) is 1. The van der Waals surface area contributed by atoms with Crippen LogP contribution in [0.3, 0.4) is 0 Å². The SMILES string of the molecule is Cc1c(Cl)cccc1OCc1cc(=O)n2[nH]c(-c3ccccc3)nc2n1.Nc1n[nH]c(-c2ccccc2)n1.O=c1cc(CCl)nc2nc(-c3ccccc3)[nH]n12. The van der Waals surface area contributed by atoms with E-state index in [4.69, 9.17) is 33.7 Å². The molecule has 0 aliphatic carbocycles. The number of anilines is 1. The molecule has 9 rings (SSSR count). The van der Waals surface area contributed by atoms with Gasteiger partial charge in [0.15, 0.2) is 17.5 Å². The molecule has 0 bridgehead atoms. The summed E-state index contributed by atoms with van der Waals surface area (Å²) in [6.07, 6.45) is 0. The van der Waals surface area contributed by atoms with Gasteiger partial charge in [0, 0.05) is 39.4 Å².